The van der Waals surface area contributed by atoms with E-state index >= 15 is 0 Å². The first-order valence-corrected chi connectivity index (χ1v) is 7.72. The van der Waals surface area contributed by atoms with Crippen molar-refractivity contribution in [2.24, 2.45) is 0 Å². The van der Waals surface area contributed by atoms with Gasteiger partial charge in [0.05, 0.1) is 10.7 Å². The fraction of sp³-hybridized carbons (Fsp3) is 0.786. The van der Waals surface area contributed by atoms with Gasteiger partial charge >= 0.3 is 0 Å². The third-order valence-electron chi connectivity index (χ3n) is 3.53. The fourth-order valence-electron chi connectivity index (χ4n) is 2.58. The van der Waals surface area contributed by atoms with Crippen LogP contribution >= 0.6 is 11.3 Å². The van der Waals surface area contributed by atoms with Crippen LogP contribution in [0.5, 0.6) is 0 Å². The van der Waals surface area contributed by atoms with Gasteiger partial charge < -0.3 is 0 Å². The van der Waals surface area contributed by atoms with Crippen LogP contribution in [0.4, 0.5) is 0 Å². The molecule has 0 aromatic carbocycles. The number of nitrogens with zero attached hydrogens (tertiary/aromatic N) is 1. The van der Waals surface area contributed by atoms with Crippen LogP contribution in [0.15, 0.2) is 5.38 Å². The van der Waals surface area contributed by atoms with E-state index in [1.807, 2.05) is 11.3 Å². The Balaban J connectivity index is 1.97. The third-order valence-corrected chi connectivity index (χ3v) is 4.59. The van der Waals surface area contributed by atoms with Crippen LogP contribution in [-0.4, -0.2) is 4.98 Å². The number of aryl methyl sites for hydroxylation is 1. The molecule has 0 spiro atoms. The van der Waals surface area contributed by atoms with E-state index < -0.39 is 0 Å². The molecule has 0 aliphatic heterocycles. The van der Waals surface area contributed by atoms with Gasteiger partial charge in [0.25, 0.3) is 0 Å². The van der Waals surface area contributed by atoms with Gasteiger partial charge in [0, 0.05) is 11.3 Å². The molecule has 2 rings (SSSR count). The molecule has 16 heavy (non-hydrogen) atoms. The van der Waals surface area contributed by atoms with E-state index in [1.165, 1.54) is 62.1 Å². The summed E-state index contributed by atoms with van der Waals surface area (Å²) in [5, 5.41) is 3.70. The molecule has 0 bridgehead atoms. The maximum absolute atomic E-state index is 4.81. The molecule has 0 amide bonds. The zero-order valence-electron chi connectivity index (χ0n) is 10.4. The maximum atomic E-state index is 4.81. The average molecular weight is 237 g/mol. The van der Waals surface area contributed by atoms with Gasteiger partial charge in [-0.05, 0) is 19.3 Å². The first-order chi connectivity index (χ1) is 7.90. The molecule has 1 aliphatic carbocycles. The molecule has 0 N–H and O–H groups in total. The Hall–Kier alpha value is -0.370. The number of rotatable bonds is 3. The van der Waals surface area contributed by atoms with Gasteiger partial charge in [0.1, 0.15) is 0 Å². The van der Waals surface area contributed by atoms with Gasteiger partial charge in [-0.15, -0.1) is 11.3 Å². The van der Waals surface area contributed by atoms with E-state index in [0.717, 1.165) is 12.3 Å². The van der Waals surface area contributed by atoms with Gasteiger partial charge in [0.15, 0.2) is 0 Å². The van der Waals surface area contributed by atoms with Crippen LogP contribution < -0.4 is 0 Å². The van der Waals surface area contributed by atoms with Gasteiger partial charge in [-0.3, -0.25) is 0 Å². The summed E-state index contributed by atoms with van der Waals surface area (Å²) in [4.78, 5) is 4.81. The van der Waals surface area contributed by atoms with Gasteiger partial charge in [-0.2, -0.15) is 0 Å². The molecule has 0 saturated heterocycles. The predicted molar refractivity (Wildman–Crippen MR) is 71.2 cm³/mol. The van der Waals surface area contributed by atoms with Crippen molar-refractivity contribution in [2.45, 2.75) is 70.6 Å². The van der Waals surface area contributed by atoms with E-state index in [1.54, 1.807) is 0 Å². The lowest BCUT2D eigenvalue weighted by molar-refractivity contribution is 0.454. The van der Waals surface area contributed by atoms with Crippen molar-refractivity contribution in [3.8, 4) is 0 Å². The summed E-state index contributed by atoms with van der Waals surface area (Å²) >= 11 is 1.90. The minimum absolute atomic E-state index is 0.774. The normalized spacial score (nSPS) is 19.3. The molecule has 1 fully saturated rings. The van der Waals surface area contributed by atoms with E-state index in [9.17, 15) is 0 Å². The first kappa shape index (κ1) is 12.1. The molecule has 90 valence electrons. The summed E-state index contributed by atoms with van der Waals surface area (Å²) in [7, 11) is 0. The van der Waals surface area contributed by atoms with E-state index in [2.05, 4.69) is 12.3 Å². The summed E-state index contributed by atoms with van der Waals surface area (Å²) in [6.45, 7) is 2.23. The van der Waals surface area contributed by atoms with E-state index in [4.69, 9.17) is 4.98 Å². The minimum atomic E-state index is 0.774. The standard InChI is InChI=1S/C14H23NS/c1-2-8-13-11-16-14(15-13)12-9-6-4-3-5-7-10-12/h11-12H,2-10H2,1H3. The van der Waals surface area contributed by atoms with Crippen LogP contribution in [-0.2, 0) is 6.42 Å². The van der Waals surface area contributed by atoms with Gasteiger partial charge in [-0.25, -0.2) is 4.98 Å². The van der Waals surface area contributed by atoms with Crippen LogP contribution in [0.1, 0.15) is 74.9 Å². The highest BCUT2D eigenvalue weighted by Gasteiger charge is 2.16. The van der Waals surface area contributed by atoms with Crippen molar-refractivity contribution < 1.29 is 0 Å². The Morgan fingerprint density at radius 2 is 1.88 bits per heavy atom. The summed E-state index contributed by atoms with van der Waals surface area (Å²) in [5.41, 5.74) is 1.32. The number of aromatic nitrogens is 1. The monoisotopic (exact) mass is 237 g/mol. The summed E-state index contributed by atoms with van der Waals surface area (Å²) in [6, 6.07) is 0. The Labute approximate surface area is 103 Å². The predicted octanol–water partition coefficient (Wildman–Crippen LogP) is 4.92. The van der Waals surface area contributed by atoms with Crippen molar-refractivity contribution in [2.75, 3.05) is 0 Å². The number of hydrogen-bond donors (Lipinski definition) is 0. The largest absolute Gasteiger partial charge is 0.246 e. The second-order valence-corrected chi connectivity index (χ2v) is 5.86. The second-order valence-electron chi connectivity index (χ2n) is 4.97. The van der Waals surface area contributed by atoms with Crippen LogP contribution in [0.25, 0.3) is 0 Å². The number of hydrogen-bond acceptors (Lipinski definition) is 2. The lowest BCUT2D eigenvalue weighted by atomic mass is 9.92. The van der Waals surface area contributed by atoms with Crippen LogP contribution in [0.2, 0.25) is 0 Å². The van der Waals surface area contributed by atoms with Gasteiger partial charge in [0.2, 0.25) is 0 Å². The lowest BCUT2D eigenvalue weighted by Crippen LogP contribution is -2.02. The SMILES string of the molecule is CCCc1csc(C2CCCCCCC2)n1. The van der Waals surface area contributed by atoms with Gasteiger partial charge in [-0.1, -0.05) is 45.4 Å². The topological polar surface area (TPSA) is 12.9 Å². The minimum Gasteiger partial charge on any atom is -0.246 e. The molecule has 1 aromatic rings. The zero-order chi connectivity index (χ0) is 11.2. The highest BCUT2D eigenvalue weighted by molar-refractivity contribution is 7.09. The Kier molecular flexibility index (Phi) is 4.83. The quantitative estimate of drug-likeness (QED) is 0.727. The van der Waals surface area contributed by atoms with E-state index in [0.29, 0.717) is 0 Å². The third kappa shape index (κ3) is 3.31. The zero-order valence-corrected chi connectivity index (χ0v) is 11.2. The van der Waals surface area contributed by atoms with Crippen molar-refractivity contribution in [3.05, 3.63) is 16.1 Å². The van der Waals surface area contributed by atoms with Crippen LogP contribution in [0.3, 0.4) is 0 Å². The Morgan fingerprint density at radius 1 is 1.19 bits per heavy atom. The van der Waals surface area contributed by atoms with Crippen LogP contribution in [0, 0.1) is 0 Å². The molecule has 0 radical (unpaired) electrons. The number of thiazole rings is 1. The van der Waals surface area contributed by atoms with Crippen molar-refractivity contribution >= 4 is 11.3 Å². The maximum Gasteiger partial charge on any atom is 0.0959 e. The fourth-order valence-corrected chi connectivity index (χ4v) is 3.61. The molecule has 1 heterocycles. The molecular weight excluding hydrogens is 214 g/mol. The Morgan fingerprint density at radius 3 is 2.56 bits per heavy atom. The van der Waals surface area contributed by atoms with Crippen molar-refractivity contribution in [3.63, 3.8) is 0 Å². The smallest absolute Gasteiger partial charge is 0.0959 e. The highest BCUT2D eigenvalue weighted by Crippen LogP contribution is 2.32. The molecule has 0 unspecified atom stereocenters. The average Bonchev–Trinajstić information content (AvgIpc) is 2.66. The Bertz CT molecular complexity index is 297. The molecule has 2 heteroatoms. The molecule has 1 saturated carbocycles. The first-order valence-electron chi connectivity index (χ1n) is 6.84. The van der Waals surface area contributed by atoms with E-state index in [-0.39, 0.29) is 0 Å². The molecule has 1 nitrogen and oxygen atoms in total. The molecule has 0 atom stereocenters. The second kappa shape index (κ2) is 6.39. The molecular formula is C14H23NS. The van der Waals surface area contributed by atoms with Crippen molar-refractivity contribution in [1.29, 1.82) is 0 Å². The molecule has 1 aromatic heterocycles. The molecule has 1 aliphatic rings. The summed E-state index contributed by atoms with van der Waals surface area (Å²) in [5.74, 6) is 0.774. The summed E-state index contributed by atoms with van der Waals surface area (Å²) < 4.78 is 0. The lowest BCUT2D eigenvalue weighted by Gasteiger charge is -2.17. The highest BCUT2D eigenvalue weighted by atomic mass is 32.1. The summed E-state index contributed by atoms with van der Waals surface area (Å²) in [6.07, 6.45) is 12.3. The van der Waals surface area contributed by atoms with Crippen molar-refractivity contribution in [1.82, 2.24) is 4.98 Å².